The summed E-state index contributed by atoms with van der Waals surface area (Å²) in [6.45, 7) is 21.9. The van der Waals surface area contributed by atoms with Crippen LogP contribution in [0.25, 0.3) is 0 Å². The molecule has 3 fully saturated rings. The van der Waals surface area contributed by atoms with E-state index in [2.05, 4.69) is 10.6 Å². The molecule has 0 aliphatic carbocycles. The fourth-order valence-electron chi connectivity index (χ4n) is 11.6. The third-order valence-corrected chi connectivity index (χ3v) is 17.2. The molecule has 3 aliphatic heterocycles. The van der Waals surface area contributed by atoms with Gasteiger partial charge in [0.2, 0.25) is 23.6 Å². The van der Waals surface area contributed by atoms with Crippen molar-refractivity contribution in [1.29, 1.82) is 0 Å². The van der Waals surface area contributed by atoms with Crippen LogP contribution in [-0.4, -0.2) is 76.5 Å². The number of nitrogens with zero attached hydrogens (tertiary/aromatic N) is 3. The number of carbonyl (C=O) groups is 6. The van der Waals surface area contributed by atoms with Gasteiger partial charge in [0.25, 0.3) is 0 Å². The van der Waals surface area contributed by atoms with Gasteiger partial charge in [-0.2, -0.15) is 26.3 Å². The van der Waals surface area contributed by atoms with Gasteiger partial charge < -0.3 is 34.8 Å². The maximum Gasteiger partial charge on any atom is 0.416 e. The number of para-hydroxylation sites is 3. The van der Waals surface area contributed by atoms with Gasteiger partial charge in [0.15, 0.2) is 0 Å². The van der Waals surface area contributed by atoms with Crippen LogP contribution in [0.4, 0.5) is 54.8 Å². The van der Waals surface area contributed by atoms with Gasteiger partial charge in [0.05, 0.1) is 53.4 Å². The molecule has 3 saturated heterocycles. The van der Waals surface area contributed by atoms with Gasteiger partial charge in [0, 0.05) is 71.6 Å². The third kappa shape index (κ3) is 14.6. The molecule has 5 atom stereocenters. The van der Waals surface area contributed by atoms with Crippen molar-refractivity contribution in [1.82, 2.24) is 0 Å². The minimum atomic E-state index is -4.59. The summed E-state index contributed by atoms with van der Waals surface area (Å²) in [5.74, 6) is -2.28. The Balaban J connectivity index is 0.000000216. The Morgan fingerprint density at radius 3 is 1.28 bits per heavy atom. The minimum absolute atomic E-state index is 0.000324. The number of hydrogen-bond donors (Lipinski definition) is 2. The lowest BCUT2D eigenvalue weighted by atomic mass is 9.75. The number of nitrogens with one attached hydrogen (secondary N) is 2. The van der Waals surface area contributed by atoms with E-state index in [1.54, 1.807) is 28.5 Å². The molecule has 0 spiro atoms. The number of alkyl halides is 6. The number of anilines is 5. The van der Waals surface area contributed by atoms with E-state index in [1.807, 2.05) is 117 Å². The minimum Gasteiger partial charge on any atom is -0.469 e. The number of esters is 2. The Hall–Kier alpha value is -7.12. The molecule has 13 nitrogen and oxygen atoms in total. The number of rotatable bonds is 11. The summed E-state index contributed by atoms with van der Waals surface area (Å²) in [6, 6.07) is 23.8. The highest BCUT2D eigenvalue weighted by Crippen LogP contribution is 2.47. The zero-order valence-corrected chi connectivity index (χ0v) is 51.9. The average molecular weight is 1230 g/mol. The standard InChI is InChI=1S/C23H24ClF3N2O2.C17H23NO3.C16H21NO3.C8H7ClF3N/c1-5-22(21(31)28-18-10-16(23(25,26)27)9-17(24)11-18)12-29(20(30)15(22)4)19-13(2)7-6-8-14(19)3;1-6-17(16(20)21-5)10-18(15(19)13(17)4)14-11(2)8-7-9-12(14)3;1-5-16(15(19)20-4)9-13(18)17(10-16)14-11(2)7-6-8-12(14)3;1-13-7-3-5(8(10,11)12)2-6(9)4-7/h6-11,15H,5,12H2,1-4H3,(H,28,31);7-9,13H,6,10H2,1-5H3;6-8H,5,9-10H2,1-4H3;2-4,13H,1H3/t15-,22-;;;/m1.../s1. The Morgan fingerprint density at radius 1 is 0.553 bits per heavy atom. The SMILES string of the molecule is CCC1(C(=O)OC)CC(=O)N(c2c(C)cccc2C)C1.CCC1(C(=O)OC)CN(c2c(C)cccc2C)C(=O)C1C.CC[C@@]1(C(=O)Nc2cc(Cl)cc(C(F)(F)F)c2)CN(c2c(C)cccc2C)C(=O)[C@H]1C.CNc1cc(Cl)cc(C(F)(F)F)c1. The van der Waals surface area contributed by atoms with E-state index in [0.29, 0.717) is 38.0 Å². The third-order valence-electron chi connectivity index (χ3n) is 16.8. The van der Waals surface area contributed by atoms with E-state index in [-0.39, 0.29) is 64.3 Å². The second kappa shape index (κ2) is 27.5. The van der Waals surface area contributed by atoms with Crippen molar-refractivity contribution in [3.05, 3.63) is 146 Å². The zero-order valence-electron chi connectivity index (χ0n) is 50.4. The van der Waals surface area contributed by atoms with Crippen LogP contribution in [-0.2, 0) is 50.6 Å². The predicted molar refractivity (Wildman–Crippen MR) is 321 cm³/mol. The van der Waals surface area contributed by atoms with Crippen LogP contribution in [0.3, 0.4) is 0 Å². The van der Waals surface area contributed by atoms with E-state index in [1.165, 1.54) is 33.4 Å². The lowest BCUT2D eigenvalue weighted by Crippen LogP contribution is -2.42. The molecule has 8 rings (SSSR count). The van der Waals surface area contributed by atoms with Crippen LogP contribution in [0.15, 0.2) is 91.0 Å². The Labute approximate surface area is 503 Å². The Bertz CT molecular complexity index is 3260. The summed E-state index contributed by atoms with van der Waals surface area (Å²) >= 11 is 11.3. The molecule has 3 unspecified atom stereocenters. The number of ether oxygens (including phenoxy) is 2. The number of halogens is 8. The fraction of sp³-hybridized carbons (Fsp3) is 0.438. The van der Waals surface area contributed by atoms with Crippen molar-refractivity contribution in [2.75, 3.05) is 66.2 Å². The molecule has 0 bridgehead atoms. The summed E-state index contributed by atoms with van der Waals surface area (Å²) in [4.78, 5) is 81.1. The molecule has 460 valence electrons. The van der Waals surface area contributed by atoms with Crippen LogP contribution in [0.2, 0.25) is 10.0 Å². The van der Waals surface area contributed by atoms with E-state index in [0.717, 1.165) is 74.7 Å². The monoisotopic (exact) mass is 1230 g/mol. The summed E-state index contributed by atoms with van der Waals surface area (Å²) in [6.07, 6.45) is -7.18. The van der Waals surface area contributed by atoms with Crippen molar-refractivity contribution in [3.8, 4) is 0 Å². The predicted octanol–water partition coefficient (Wildman–Crippen LogP) is 14.9. The first kappa shape index (κ1) is 68.7. The van der Waals surface area contributed by atoms with E-state index < -0.39 is 51.5 Å². The Morgan fingerprint density at radius 2 is 0.918 bits per heavy atom. The largest absolute Gasteiger partial charge is 0.469 e. The van der Waals surface area contributed by atoms with Gasteiger partial charge >= 0.3 is 24.3 Å². The van der Waals surface area contributed by atoms with Gasteiger partial charge in [-0.15, -0.1) is 0 Å². The lowest BCUT2D eigenvalue weighted by molar-refractivity contribution is -0.155. The van der Waals surface area contributed by atoms with Crippen molar-refractivity contribution in [3.63, 3.8) is 0 Å². The molecule has 3 heterocycles. The van der Waals surface area contributed by atoms with Crippen LogP contribution < -0.4 is 25.3 Å². The number of methoxy groups -OCH3 is 2. The molecule has 0 saturated carbocycles. The molecular formula is C64H75Cl2F6N5O8. The van der Waals surface area contributed by atoms with E-state index in [9.17, 15) is 55.1 Å². The Kier molecular flexibility index (Phi) is 22.2. The highest BCUT2D eigenvalue weighted by atomic mass is 35.5. The normalized spacial score (nSPS) is 21.1. The molecule has 5 aromatic rings. The second-order valence-electron chi connectivity index (χ2n) is 22.0. The number of carbonyl (C=O) groups excluding carboxylic acids is 6. The molecular weight excluding hydrogens is 1150 g/mol. The maximum absolute atomic E-state index is 13.3. The van der Waals surface area contributed by atoms with Gasteiger partial charge in [0.1, 0.15) is 0 Å². The number of aryl methyl sites for hydroxylation is 6. The van der Waals surface area contributed by atoms with Gasteiger partial charge in [-0.3, -0.25) is 28.8 Å². The first-order valence-corrected chi connectivity index (χ1v) is 28.5. The average Bonchev–Trinajstić information content (AvgIpc) is 1.99. The van der Waals surface area contributed by atoms with Gasteiger partial charge in [-0.25, -0.2) is 0 Å². The number of amides is 4. The van der Waals surface area contributed by atoms with Crippen LogP contribution in [0, 0.1) is 69.6 Å². The summed E-state index contributed by atoms with van der Waals surface area (Å²) < 4.78 is 85.9. The van der Waals surface area contributed by atoms with E-state index >= 15 is 0 Å². The molecule has 21 heteroatoms. The van der Waals surface area contributed by atoms with Crippen LogP contribution in [0.5, 0.6) is 0 Å². The van der Waals surface area contributed by atoms with Crippen LogP contribution in [0.1, 0.15) is 105 Å². The smallest absolute Gasteiger partial charge is 0.416 e. The van der Waals surface area contributed by atoms with Gasteiger partial charge in [-0.05, 0) is 131 Å². The van der Waals surface area contributed by atoms with Crippen molar-refractivity contribution < 1.29 is 64.6 Å². The zero-order chi connectivity index (χ0) is 63.9. The highest BCUT2D eigenvalue weighted by Gasteiger charge is 2.56. The van der Waals surface area contributed by atoms with Crippen molar-refractivity contribution in [2.24, 2.45) is 28.1 Å². The van der Waals surface area contributed by atoms with Crippen molar-refractivity contribution in [2.45, 2.75) is 114 Å². The fourth-order valence-corrected chi connectivity index (χ4v) is 12.1. The summed E-state index contributed by atoms with van der Waals surface area (Å²) in [7, 11) is 4.30. The molecule has 4 amide bonds. The second-order valence-corrected chi connectivity index (χ2v) is 22.8. The van der Waals surface area contributed by atoms with E-state index in [4.69, 9.17) is 32.7 Å². The summed E-state index contributed by atoms with van der Waals surface area (Å²) in [5, 5.41) is 5.11. The molecule has 5 aromatic carbocycles. The quantitative estimate of drug-likeness (QED) is 0.0971. The molecule has 3 aliphatic rings. The highest BCUT2D eigenvalue weighted by molar-refractivity contribution is 6.31. The number of hydrogen-bond acceptors (Lipinski definition) is 9. The summed E-state index contributed by atoms with van der Waals surface area (Å²) in [5.41, 5.74) is 4.70. The topological polar surface area (TPSA) is 155 Å². The molecule has 0 aromatic heterocycles. The first-order valence-electron chi connectivity index (χ1n) is 27.7. The molecule has 0 radical (unpaired) electrons. The van der Waals surface area contributed by atoms with Gasteiger partial charge in [-0.1, -0.05) is 112 Å². The molecule has 2 N–H and O–H groups in total. The molecule has 85 heavy (non-hydrogen) atoms. The maximum atomic E-state index is 13.3. The number of benzene rings is 5. The lowest BCUT2D eigenvalue weighted by Gasteiger charge is -2.30. The first-order chi connectivity index (χ1) is 39.7. The van der Waals surface area contributed by atoms with Crippen LogP contribution >= 0.6 is 23.2 Å². The van der Waals surface area contributed by atoms with Crippen molar-refractivity contribution >= 4 is 87.2 Å².